The molecular formula is C20H31N3O6S. The zero-order chi connectivity index (χ0) is 22.1. The van der Waals surface area contributed by atoms with Crippen LogP contribution in [0.1, 0.15) is 32.6 Å². The lowest BCUT2D eigenvalue weighted by Crippen LogP contribution is -2.47. The number of carbonyl (C=O) groups excluding carboxylic acids is 2. The lowest BCUT2D eigenvalue weighted by atomic mass is 9.98. The first-order valence-corrected chi connectivity index (χ1v) is 11.5. The number of sulfonamides is 1. The van der Waals surface area contributed by atoms with Crippen molar-refractivity contribution in [3.8, 4) is 11.5 Å². The Balaban J connectivity index is 1.95. The lowest BCUT2D eigenvalue weighted by Gasteiger charge is -2.33. The number of methoxy groups -OCH3 is 2. The maximum absolute atomic E-state index is 12.7. The normalized spacial score (nSPS) is 16.8. The van der Waals surface area contributed by atoms with Gasteiger partial charge in [0.05, 0.1) is 20.8 Å². The van der Waals surface area contributed by atoms with Crippen LogP contribution in [0.4, 0.5) is 0 Å². The Labute approximate surface area is 178 Å². The number of hydrogen-bond acceptors (Lipinski definition) is 6. The van der Waals surface area contributed by atoms with Crippen LogP contribution in [0.3, 0.4) is 0 Å². The van der Waals surface area contributed by atoms with E-state index in [1.54, 1.807) is 11.0 Å². The molecular weight excluding hydrogens is 410 g/mol. The molecule has 0 aliphatic carbocycles. The van der Waals surface area contributed by atoms with E-state index in [0.29, 0.717) is 31.8 Å². The molecule has 1 aliphatic rings. The molecule has 0 bridgehead atoms. The Morgan fingerprint density at radius 2 is 2.00 bits per heavy atom. The van der Waals surface area contributed by atoms with E-state index >= 15 is 0 Å². The number of rotatable bonds is 10. The summed E-state index contributed by atoms with van der Waals surface area (Å²) in [6, 6.07) is 4.44. The van der Waals surface area contributed by atoms with Gasteiger partial charge in [0.15, 0.2) is 0 Å². The molecule has 1 fully saturated rings. The van der Waals surface area contributed by atoms with Crippen LogP contribution in [0, 0.1) is 5.92 Å². The largest absolute Gasteiger partial charge is 0.497 e. The van der Waals surface area contributed by atoms with Crippen molar-refractivity contribution >= 4 is 21.8 Å². The minimum Gasteiger partial charge on any atom is -0.497 e. The van der Waals surface area contributed by atoms with Crippen LogP contribution in [0.2, 0.25) is 0 Å². The highest BCUT2D eigenvalue weighted by atomic mass is 32.2. The quantitative estimate of drug-likeness (QED) is 0.563. The highest BCUT2D eigenvalue weighted by Crippen LogP contribution is 2.28. The summed E-state index contributed by atoms with van der Waals surface area (Å²) >= 11 is 0. The average Bonchev–Trinajstić information content (AvgIpc) is 2.76. The molecule has 0 saturated carbocycles. The zero-order valence-corrected chi connectivity index (χ0v) is 18.6. The Morgan fingerprint density at radius 1 is 1.23 bits per heavy atom. The van der Waals surface area contributed by atoms with Crippen molar-refractivity contribution in [3.05, 3.63) is 18.2 Å². The van der Waals surface area contributed by atoms with Crippen LogP contribution in [-0.4, -0.2) is 65.5 Å². The van der Waals surface area contributed by atoms with Crippen molar-refractivity contribution in [2.45, 2.75) is 37.5 Å². The van der Waals surface area contributed by atoms with Crippen molar-refractivity contribution in [1.82, 2.24) is 14.9 Å². The van der Waals surface area contributed by atoms with Gasteiger partial charge in [-0.05, 0) is 37.3 Å². The van der Waals surface area contributed by atoms with E-state index in [1.165, 1.54) is 26.4 Å². The maximum Gasteiger partial charge on any atom is 0.244 e. The molecule has 2 rings (SSSR count). The number of nitrogens with zero attached hydrogens (tertiary/aromatic N) is 1. The second-order valence-corrected chi connectivity index (χ2v) is 8.98. The Bertz CT molecular complexity index is 843. The molecule has 1 aliphatic heterocycles. The summed E-state index contributed by atoms with van der Waals surface area (Å²) < 4.78 is 38.0. The van der Waals surface area contributed by atoms with Gasteiger partial charge in [0.1, 0.15) is 16.4 Å². The second-order valence-electron chi connectivity index (χ2n) is 7.24. The Morgan fingerprint density at radius 3 is 2.67 bits per heavy atom. The molecule has 1 aromatic rings. The van der Waals surface area contributed by atoms with Crippen LogP contribution in [0.25, 0.3) is 0 Å². The molecule has 1 atom stereocenters. The van der Waals surface area contributed by atoms with Gasteiger partial charge in [0.25, 0.3) is 0 Å². The van der Waals surface area contributed by atoms with Crippen LogP contribution < -0.4 is 19.5 Å². The van der Waals surface area contributed by atoms with E-state index in [4.69, 9.17) is 9.47 Å². The first-order valence-electron chi connectivity index (χ1n) is 10.1. The fourth-order valence-electron chi connectivity index (χ4n) is 3.37. The summed E-state index contributed by atoms with van der Waals surface area (Å²) in [5.41, 5.74) is 0. The molecule has 1 unspecified atom stereocenters. The van der Waals surface area contributed by atoms with E-state index in [0.717, 1.165) is 19.3 Å². The predicted molar refractivity (Wildman–Crippen MR) is 112 cm³/mol. The van der Waals surface area contributed by atoms with Crippen LogP contribution in [0.15, 0.2) is 23.1 Å². The van der Waals surface area contributed by atoms with Crippen molar-refractivity contribution in [1.29, 1.82) is 0 Å². The van der Waals surface area contributed by atoms with E-state index in [-0.39, 0.29) is 34.9 Å². The number of benzene rings is 1. The third-order valence-electron chi connectivity index (χ3n) is 5.01. The van der Waals surface area contributed by atoms with Gasteiger partial charge in [0, 0.05) is 32.1 Å². The summed E-state index contributed by atoms with van der Waals surface area (Å²) in [5.74, 6) is 0.410. The Kier molecular flexibility index (Phi) is 8.91. The highest BCUT2D eigenvalue weighted by Gasteiger charge is 2.26. The molecule has 1 heterocycles. The smallest absolute Gasteiger partial charge is 0.244 e. The van der Waals surface area contributed by atoms with Gasteiger partial charge in [-0.25, -0.2) is 13.1 Å². The van der Waals surface area contributed by atoms with Crippen LogP contribution >= 0.6 is 0 Å². The SMILES string of the molecule is CCCC(=O)NCC1CCCN(C(=O)CNS(=O)(=O)c2cc(OC)ccc2OC)C1. The van der Waals surface area contributed by atoms with Crippen molar-refractivity contribution in [3.63, 3.8) is 0 Å². The molecule has 2 N–H and O–H groups in total. The van der Waals surface area contributed by atoms with Gasteiger partial charge in [0.2, 0.25) is 21.8 Å². The molecule has 30 heavy (non-hydrogen) atoms. The standard InChI is InChI=1S/C20H31N3O6S/c1-4-6-19(24)21-12-15-7-5-10-23(14-15)20(25)13-22-30(26,27)18-11-16(28-2)8-9-17(18)29-3/h8-9,11,15,22H,4-7,10,12-14H2,1-3H3,(H,21,24). The minimum absolute atomic E-state index is 0.0148. The van der Waals surface area contributed by atoms with E-state index in [2.05, 4.69) is 10.0 Å². The van der Waals surface area contributed by atoms with E-state index in [9.17, 15) is 18.0 Å². The van der Waals surface area contributed by atoms with E-state index in [1.807, 2.05) is 6.92 Å². The first kappa shape index (κ1) is 23.9. The molecule has 0 spiro atoms. The summed E-state index contributed by atoms with van der Waals surface area (Å²) in [6.45, 7) is 3.19. The number of carbonyl (C=O) groups is 2. The average molecular weight is 442 g/mol. The van der Waals surface area contributed by atoms with Gasteiger partial charge in [-0.1, -0.05) is 6.92 Å². The minimum atomic E-state index is -3.97. The van der Waals surface area contributed by atoms with E-state index < -0.39 is 10.0 Å². The molecule has 2 amide bonds. The topological polar surface area (TPSA) is 114 Å². The molecule has 0 radical (unpaired) electrons. The third kappa shape index (κ3) is 6.60. The van der Waals surface area contributed by atoms with Gasteiger partial charge in [-0.3, -0.25) is 9.59 Å². The zero-order valence-electron chi connectivity index (χ0n) is 17.8. The van der Waals surface area contributed by atoms with Crippen molar-refractivity contribution in [2.24, 2.45) is 5.92 Å². The highest BCUT2D eigenvalue weighted by molar-refractivity contribution is 7.89. The molecule has 0 aromatic heterocycles. The fourth-order valence-corrected chi connectivity index (χ4v) is 4.53. The maximum atomic E-state index is 12.7. The molecule has 168 valence electrons. The summed E-state index contributed by atoms with van der Waals surface area (Å²) in [7, 11) is -1.16. The molecule has 10 heteroatoms. The summed E-state index contributed by atoms with van der Waals surface area (Å²) in [6.07, 6.45) is 3.02. The second kappa shape index (κ2) is 11.2. The van der Waals surface area contributed by atoms with Gasteiger partial charge < -0.3 is 19.7 Å². The number of hydrogen-bond donors (Lipinski definition) is 2. The van der Waals surface area contributed by atoms with Crippen molar-refractivity contribution in [2.75, 3.05) is 40.4 Å². The van der Waals surface area contributed by atoms with Gasteiger partial charge in [-0.15, -0.1) is 0 Å². The van der Waals surface area contributed by atoms with Gasteiger partial charge >= 0.3 is 0 Å². The summed E-state index contributed by atoms with van der Waals surface area (Å²) in [5, 5.41) is 2.90. The predicted octanol–water partition coefficient (Wildman–Crippen LogP) is 1.14. The van der Waals surface area contributed by atoms with Gasteiger partial charge in [-0.2, -0.15) is 0 Å². The molecule has 9 nitrogen and oxygen atoms in total. The molecule has 1 aromatic carbocycles. The Hall–Kier alpha value is -2.33. The number of piperidine rings is 1. The van der Waals surface area contributed by atoms with Crippen molar-refractivity contribution < 1.29 is 27.5 Å². The number of likely N-dealkylation sites (tertiary alicyclic amines) is 1. The monoisotopic (exact) mass is 441 g/mol. The molecule has 1 saturated heterocycles. The third-order valence-corrected chi connectivity index (χ3v) is 6.43. The number of nitrogens with one attached hydrogen (secondary N) is 2. The lowest BCUT2D eigenvalue weighted by molar-refractivity contribution is -0.131. The van der Waals surface area contributed by atoms with Crippen LogP contribution in [-0.2, 0) is 19.6 Å². The number of amides is 2. The summed E-state index contributed by atoms with van der Waals surface area (Å²) in [4.78, 5) is 25.8. The first-order chi connectivity index (χ1) is 14.3. The fraction of sp³-hybridized carbons (Fsp3) is 0.600. The number of ether oxygens (including phenoxy) is 2. The van der Waals surface area contributed by atoms with Crippen LogP contribution in [0.5, 0.6) is 11.5 Å².